The van der Waals surface area contributed by atoms with E-state index in [4.69, 9.17) is 15.0 Å². The van der Waals surface area contributed by atoms with Crippen LogP contribution in [0.4, 0.5) is 23.0 Å². The maximum atomic E-state index is 12.5. The van der Waals surface area contributed by atoms with Gasteiger partial charge in [0.1, 0.15) is 16.8 Å². The molecule has 1 amide bonds. The Labute approximate surface area is 224 Å². The highest BCUT2D eigenvalue weighted by atomic mass is 32.2. The largest absolute Gasteiger partial charge is 0.378 e. The highest BCUT2D eigenvalue weighted by Crippen LogP contribution is 2.30. The number of aryl methyl sites for hydroxylation is 1. The lowest BCUT2D eigenvalue weighted by Gasteiger charge is -2.28. The fourth-order valence-electron chi connectivity index (χ4n) is 3.81. The summed E-state index contributed by atoms with van der Waals surface area (Å²) in [7, 11) is 0. The standard InChI is InChI=1S/C28H25N7O2S/c1-19-17-31-28(33-22-4-8-24(9-5-22)35-12-14-37-15-13-35)34-27(19)38-25-10-6-21(7-11-25)32-26(36)20-2-3-23(16-29)30-18-20/h2-11,17-18H,12-15H2,1H3,(H,32,36)(H,31,33,34). The third kappa shape index (κ3) is 6.26. The summed E-state index contributed by atoms with van der Waals surface area (Å²) in [5, 5.41) is 15.8. The normalized spacial score (nSPS) is 13.0. The average molecular weight is 524 g/mol. The minimum Gasteiger partial charge on any atom is -0.378 e. The van der Waals surface area contributed by atoms with Gasteiger partial charge in [-0.25, -0.2) is 15.0 Å². The average Bonchev–Trinajstić information content (AvgIpc) is 2.97. The van der Waals surface area contributed by atoms with Gasteiger partial charge in [0.2, 0.25) is 5.95 Å². The van der Waals surface area contributed by atoms with Crippen LogP contribution in [0, 0.1) is 18.3 Å². The molecule has 38 heavy (non-hydrogen) atoms. The predicted molar refractivity (Wildman–Crippen MR) is 147 cm³/mol. The molecule has 5 rings (SSSR count). The number of amides is 1. The Morgan fingerprint density at radius 2 is 1.71 bits per heavy atom. The zero-order valence-corrected chi connectivity index (χ0v) is 21.5. The number of rotatable bonds is 7. The van der Waals surface area contributed by atoms with E-state index in [0.717, 1.165) is 47.5 Å². The van der Waals surface area contributed by atoms with Crippen LogP contribution in [0.15, 0.2) is 83.0 Å². The summed E-state index contributed by atoms with van der Waals surface area (Å²) >= 11 is 1.53. The summed E-state index contributed by atoms with van der Waals surface area (Å²) in [5.74, 6) is 0.236. The van der Waals surface area contributed by atoms with Crippen molar-refractivity contribution in [2.24, 2.45) is 0 Å². The molecular formula is C28H25N7O2S. The van der Waals surface area contributed by atoms with Crippen molar-refractivity contribution in [3.63, 3.8) is 0 Å². The molecule has 2 aromatic carbocycles. The van der Waals surface area contributed by atoms with Gasteiger partial charge in [0, 0.05) is 53.0 Å². The molecule has 2 aromatic heterocycles. The first-order valence-corrected chi connectivity index (χ1v) is 12.9. The molecule has 4 aromatic rings. The first-order valence-electron chi connectivity index (χ1n) is 12.1. The highest BCUT2D eigenvalue weighted by Gasteiger charge is 2.12. The van der Waals surface area contributed by atoms with Crippen LogP contribution in [0.25, 0.3) is 0 Å². The first kappa shape index (κ1) is 25.2. The summed E-state index contributed by atoms with van der Waals surface area (Å²) in [5.41, 5.74) is 4.37. The molecule has 190 valence electrons. The molecule has 1 fully saturated rings. The topological polar surface area (TPSA) is 116 Å². The lowest BCUT2D eigenvalue weighted by molar-refractivity contribution is 0.102. The number of pyridine rings is 1. The third-order valence-corrected chi connectivity index (χ3v) is 7.01. The number of ether oxygens (including phenoxy) is 1. The van der Waals surface area contributed by atoms with Gasteiger partial charge in [0.25, 0.3) is 5.91 Å². The number of nitriles is 1. The minimum atomic E-state index is -0.289. The van der Waals surface area contributed by atoms with E-state index in [1.54, 1.807) is 12.3 Å². The predicted octanol–water partition coefficient (Wildman–Crippen LogP) is 5.04. The molecule has 0 bridgehead atoms. The Balaban J connectivity index is 1.21. The van der Waals surface area contributed by atoms with E-state index in [-0.39, 0.29) is 11.6 Å². The van der Waals surface area contributed by atoms with Crippen LogP contribution in [0.2, 0.25) is 0 Å². The molecule has 9 nitrogen and oxygen atoms in total. The fourth-order valence-corrected chi connectivity index (χ4v) is 4.65. The van der Waals surface area contributed by atoms with E-state index in [2.05, 4.69) is 37.6 Å². The molecule has 0 aliphatic carbocycles. The van der Waals surface area contributed by atoms with Crippen LogP contribution in [0.1, 0.15) is 21.6 Å². The number of nitrogens with zero attached hydrogens (tertiary/aromatic N) is 5. The van der Waals surface area contributed by atoms with E-state index in [9.17, 15) is 4.79 Å². The van der Waals surface area contributed by atoms with Gasteiger partial charge in [-0.15, -0.1) is 0 Å². The number of anilines is 4. The lowest BCUT2D eigenvalue weighted by atomic mass is 10.2. The zero-order valence-electron chi connectivity index (χ0n) is 20.7. The second-order valence-corrected chi connectivity index (χ2v) is 9.64. The molecule has 1 aliphatic rings. The summed E-state index contributed by atoms with van der Waals surface area (Å²) in [6, 6.07) is 20.8. The molecule has 1 aliphatic heterocycles. The van der Waals surface area contributed by atoms with Crippen LogP contribution < -0.4 is 15.5 Å². The van der Waals surface area contributed by atoms with Crippen molar-refractivity contribution in [1.82, 2.24) is 15.0 Å². The maximum Gasteiger partial charge on any atom is 0.257 e. The molecule has 2 N–H and O–H groups in total. The molecule has 10 heteroatoms. The van der Waals surface area contributed by atoms with Gasteiger partial charge in [0.15, 0.2) is 0 Å². The van der Waals surface area contributed by atoms with Crippen LogP contribution >= 0.6 is 11.8 Å². The van der Waals surface area contributed by atoms with Gasteiger partial charge in [-0.05, 0) is 67.6 Å². The number of aromatic nitrogens is 3. The smallest absolute Gasteiger partial charge is 0.257 e. The summed E-state index contributed by atoms with van der Waals surface area (Å²) in [6.07, 6.45) is 3.19. The molecule has 3 heterocycles. The number of morpholine rings is 1. The van der Waals surface area contributed by atoms with Crippen molar-refractivity contribution < 1.29 is 9.53 Å². The Hall–Kier alpha value is -4.46. The molecule has 0 spiro atoms. The number of hydrogen-bond donors (Lipinski definition) is 2. The van der Waals surface area contributed by atoms with Gasteiger partial charge in [-0.2, -0.15) is 5.26 Å². The van der Waals surface area contributed by atoms with Crippen molar-refractivity contribution in [1.29, 1.82) is 5.26 Å². The van der Waals surface area contributed by atoms with Gasteiger partial charge in [0.05, 0.1) is 18.8 Å². The van der Waals surface area contributed by atoms with E-state index in [1.165, 1.54) is 29.7 Å². The molecule has 1 saturated heterocycles. The molecule has 0 saturated carbocycles. The van der Waals surface area contributed by atoms with Crippen molar-refractivity contribution in [2.45, 2.75) is 16.8 Å². The van der Waals surface area contributed by atoms with Crippen LogP contribution in [0.5, 0.6) is 0 Å². The van der Waals surface area contributed by atoms with Crippen molar-refractivity contribution in [3.05, 3.63) is 89.9 Å². The molecule has 0 unspecified atom stereocenters. The lowest BCUT2D eigenvalue weighted by Crippen LogP contribution is -2.36. The Bertz CT molecular complexity index is 1450. The van der Waals surface area contributed by atoms with E-state index in [0.29, 0.717) is 17.2 Å². The molecule has 0 atom stereocenters. The zero-order chi connectivity index (χ0) is 26.3. The number of nitrogens with one attached hydrogen (secondary N) is 2. The summed E-state index contributed by atoms with van der Waals surface area (Å²) < 4.78 is 5.43. The number of hydrogen-bond acceptors (Lipinski definition) is 9. The molecule has 0 radical (unpaired) electrons. The second-order valence-electron chi connectivity index (χ2n) is 8.58. The maximum absolute atomic E-state index is 12.5. The van der Waals surface area contributed by atoms with Crippen molar-refractivity contribution in [2.75, 3.05) is 41.8 Å². The Morgan fingerprint density at radius 1 is 0.974 bits per heavy atom. The van der Waals surface area contributed by atoms with Gasteiger partial charge >= 0.3 is 0 Å². The fraction of sp³-hybridized carbons (Fsp3) is 0.179. The number of benzene rings is 2. The SMILES string of the molecule is Cc1cnc(Nc2ccc(N3CCOCC3)cc2)nc1Sc1ccc(NC(=O)c2ccc(C#N)nc2)cc1. The van der Waals surface area contributed by atoms with E-state index >= 15 is 0 Å². The number of carbonyl (C=O) groups is 1. The van der Waals surface area contributed by atoms with Gasteiger partial charge < -0.3 is 20.3 Å². The minimum absolute atomic E-state index is 0.267. The van der Waals surface area contributed by atoms with Crippen LogP contribution in [0.3, 0.4) is 0 Å². The van der Waals surface area contributed by atoms with Crippen molar-refractivity contribution >= 4 is 40.7 Å². The van der Waals surface area contributed by atoms with Crippen LogP contribution in [-0.2, 0) is 4.74 Å². The summed E-state index contributed by atoms with van der Waals surface area (Å²) in [6.45, 7) is 5.28. The van der Waals surface area contributed by atoms with Crippen molar-refractivity contribution in [3.8, 4) is 6.07 Å². The Kier molecular flexibility index (Phi) is 7.78. The quantitative estimate of drug-likeness (QED) is 0.322. The summed E-state index contributed by atoms with van der Waals surface area (Å²) in [4.78, 5) is 28.8. The first-order chi connectivity index (χ1) is 18.6. The van der Waals surface area contributed by atoms with Gasteiger partial charge in [-0.1, -0.05) is 11.8 Å². The third-order valence-electron chi connectivity index (χ3n) is 5.89. The number of carbonyl (C=O) groups excluding carboxylic acids is 1. The van der Waals surface area contributed by atoms with E-state index in [1.807, 2.05) is 49.4 Å². The monoisotopic (exact) mass is 523 g/mol. The molecular weight excluding hydrogens is 498 g/mol. The highest BCUT2D eigenvalue weighted by molar-refractivity contribution is 7.99. The Morgan fingerprint density at radius 3 is 2.39 bits per heavy atom. The second kappa shape index (κ2) is 11.7. The van der Waals surface area contributed by atoms with Gasteiger partial charge in [-0.3, -0.25) is 4.79 Å². The van der Waals surface area contributed by atoms with E-state index < -0.39 is 0 Å². The van der Waals surface area contributed by atoms with Crippen LogP contribution in [-0.4, -0.2) is 47.2 Å².